The number of halogens is 1. The van der Waals surface area contributed by atoms with Gasteiger partial charge in [0, 0.05) is 13.1 Å². The summed E-state index contributed by atoms with van der Waals surface area (Å²) in [4.78, 5) is 4.40. The standard InChI is InChI=1S/C18H31N3O2.HI/c1-3-5-9-12-20-18(19-4-2)21-13-17(22)15-23-14-16-10-7-6-8-11-16;/h6-8,10-11,17,22H,3-5,9,12-15H2,1-2H3,(H2,19,20,21);1H. The fourth-order valence-electron chi connectivity index (χ4n) is 2.06. The van der Waals surface area contributed by atoms with Gasteiger partial charge in [0.25, 0.3) is 0 Å². The predicted octanol–water partition coefficient (Wildman–Crippen LogP) is 2.93. The monoisotopic (exact) mass is 449 g/mol. The predicted molar refractivity (Wildman–Crippen MR) is 111 cm³/mol. The van der Waals surface area contributed by atoms with E-state index in [0.717, 1.165) is 31.0 Å². The van der Waals surface area contributed by atoms with Crippen molar-refractivity contribution < 1.29 is 9.84 Å². The second kappa shape index (κ2) is 15.7. The van der Waals surface area contributed by atoms with Crippen molar-refractivity contribution in [2.45, 2.75) is 45.8 Å². The Morgan fingerprint density at radius 3 is 2.58 bits per heavy atom. The van der Waals surface area contributed by atoms with Crippen LogP contribution in [-0.4, -0.2) is 43.4 Å². The van der Waals surface area contributed by atoms with E-state index in [4.69, 9.17) is 4.74 Å². The van der Waals surface area contributed by atoms with Crippen molar-refractivity contribution in [1.29, 1.82) is 0 Å². The van der Waals surface area contributed by atoms with Crippen LogP contribution in [0.15, 0.2) is 35.3 Å². The van der Waals surface area contributed by atoms with Gasteiger partial charge in [-0.05, 0) is 18.9 Å². The zero-order valence-corrected chi connectivity index (χ0v) is 17.2. The normalized spacial score (nSPS) is 12.4. The first kappa shape index (κ1) is 23.1. The molecule has 0 fully saturated rings. The zero-order chi connectivity index (χ0) is 16.8. The number of guanidine groups is 1. The van der Waals surface area contributed by atoms with E-state index in [1.807, 2.05) is 37.3 Å². The van der Waals surface area contributed by atoms with Gasteiger partial charge in [-0.1, -0.05) is 50.1 Å². The number of aliphatic imine (C=N–C) groups is 1. The fourth-order valence-corrected chi connectivity index (χ4v) is 2.06. The summed E-state index contributed by atoms with van der Waals surface area (Å²) in [5.41, 5.74) is 1.11. The van der Waals surface area contributed by atoms with Gasteiger partial charge in [0.05, 0.1) is 25.9 Å². The number of nitrogens with zero attached hydrogens (tertiary/aromatic N) is 1. The molecule has 0 spiro atoms. The second-order valence-corrected chi connectivity index (χ2v) is 5.51. The lowest BCUT2D eigenvalue weighted by Gasteiger charge is -2.13. The number of nitrogens with one attached hydrogen (secondary N) is 2. The van der Waals surface area contributed by atoms with Gasteiger partial charge < -0.3 is 20.5 Å². The van der Waals surface area contributed by atoms with E-state index in [1.54, 1.807) is 0 Å². The maximum atomic E-state index is 9.97. The molecule has 1 rings (SSSR count). The van der Waals surface area contributed by atoms with Crippen LogP contribution in [-0.2, 0) is 11.3 Å². The Bertz CT molecular complexity index is 430. The second-order valence-electron chi connectivity index (χ2n) is 5.51. The van der Waals surface area contributed by atoms with Crippen LogP contribution in [0.5, 0.6) is 0 Å². The van der Waals surface area contributed by atoms with Crippen LogP contribution >= 0.6 is 24.0 Å². The van der Waals surface area contributed by atoms with E-state index < -0.39 is 6.10 Å². The fraction of sp³-hybridized carbons (Fsp3) is 0.611. The van der Waals surface area contributed by atoms with E-state index in [1.165, 1.54) is 12.8 Å². The third-order valence-corrected chi connectivity index (χ3v) is 3.30. The molecule has 0 aliphatic rings. The maximum Gasteiger partial charge on any atom is 0.191 e. The minimum Gasteiger partial charge on any atom is -0.389 e. The van der Waals surface area contributed by atoms with E-state index in [9.17, 15) is 5.11 Å². The number of benzene rings is 1. The molecule has 138 valence electrons. The highest BCUT2D eigenvalue weighted by molar-refractivity contribution is 14.0. The first-order chi connectivity index (χ1) is 11.3. The van der Waals surface area contributed by atoms with Crippen LogP contribution in [0.1, 0.15) is 38.7 Å². The smallest absolute Gasteiger partial charge is 0.191 e. The molecule has 1 aromatic carbocycles. The summed E-state index contributed by atoms with van der Waals surface area (Å²) in [6.07, 6.45) is 2.95. The van der Waals surface area contributed by atoms with Crippen molar-refractivity contribution in [2.75, 3.05) is 26.2 Å². The summed E-state index contributed by atoms with van der Waals surface area (Å²) < 4.78 is 5.53. The third kappa shape index (κ3) is 11.6. The van der Waals surface area contributed by atoms with Crippen molar-refractivity contribution in [3.63, 3.8) is 0 Å². The minimum absolute atomic E-state index is 0. The van der Waals surface area contributed by atoms with Crippen molar-refractivity contribution in [3.8, 4) is 0 Å². The Kier molecular flexibility index (Phi) is 15.1. The van der Waals surface area contributed by atoms with Gasteiger partial charge in [-0.15, -0.1) is 24.0 Å². The molecule has 3 N–H and O–H groups in total. The first-order valence-corrected chi connectivity index (χ1v) is 8.58. The minimum atomic E-state index is -0.593. The molecule has 1 aromatic rings. The Balaban J connectivity index is 0.00000529. The summed E-state index contributed by atoms with van der Waals surface area (Å²) in [5.74, 6) is 0.755. The summed E-state index contributed by atoms with van der Waals surface area (Å²) in [6, 6.07) is 9.95. The van der Waals surface area contributed by atoms with E-state index in [0.29, 0.717) is 13.2 Å². The number of hydrogen-bond donors (Lipinski definition) is 3. The lowest BCUT2D eigenvalue weighted by Crippen LogP contribution is -2.38. The van der Waals surface area contributed by atoms with Crippen LogP contribution < -0.4 is 10.6 Å². The largest absolute Gasteiger partial charge is 0.389 e. The molecule has 5 nitrogen and oxygen atoms in total. The maximum absolute atomic E-state index is 9.97. The quantitative estimate of drug-likeness (QED) is 0.210. The Labute approximate surface area is 163 Å². The van der Waals surface area contributed by atoms with Gasteiger partial charge in [0.2, 0.25) is 0 Å². The molecule has 24 heavy (non-hydrogen) atoms. The number of aliphatic hydroxyl groups excluding tert-OH is 1. The molecule has 1 unspecified atom stereocenters. The van der Waals surface area contributed by atoms with Crippen LogP contribution in [0.3, 0.4) is 0 Å². The van der Waals surface area contributed by atoms with Gasteiger partial charge in [0.1, 0.15) is 0 Å². The van der Waals surface area contributed by atoms with Crippen LogP contribution in [0, 0.1) is 0 Å². The average molecular weight is 449 g/mol. The molecule has 6 heteroatoms. The van der Waals surface area contributed by atoms with E-state index in [-0.39, 0.29) is 30.6 Å². The Hall–Kier alpha value is -0.860. The third-order valence-electron chi connectivity index (χ3n) is 3.30. The van der Waals surface area contributed by atoms with Gasteiger partial charge in [-0.2, -0.15) is 0 Å². The SMILES string of the molecule is CCCCCNC(=NCC(O)COCc1ccccc1)NCC.I. The molecule has 0 heterocycles. The number of aliphatic hydroxyl groups is 1. The molecule has 0 radical (unpaired) electrons. The zero-order valence-electron chi connectivity index (χ0n) is 14.8. The molecular weight excluding hydrogens is 417 g/mol. The van der Waals surface area contributed by atoms with Crippen molar-refractivity contribution in [3.05, 3.63) is 35.9 Å². The molecule has 0 aliphatic carbocycles. The van der Waals surface area contributed by atoms with E-state index in [2.05, 4.69) is 22.5 Å². The summed E-state index contributed by atoms with van der Waals surface area (Å²) >= 11 is 0. The van der Waals surface area contributed by atoms with Crippen LogP contribution in [0.2, 0.25) is 0 Å². The summed E-state index contributed by atoms with van der Waals surface area (Å²) in [5, 5.41) is 16.4. The lowest BCUT2D eigenvalue weighted by molar-refractivity contribution is 0.0331. The van der Waals surface area contributed by atoms with Crippen molar-refractivity contribution in [1.82, 2.24) is 10.6 Å². The average Bonchev–Trinajstić information content (AvgIpc) is 2.57. The molecule has 0 aliphatic heterocycles. The van der Waals surface area contributed by atoms with Gasteiger partial charge in [-0.25, -0.2) is 0 Å². The molecule has 0 amide bonds. The lowest BCUT2D eigenvalue weighted by atomic mass is 10.2. The first-order valence-electron chi connectivity index (χ1n) is 8.58. The molecule has 0 bridgehead atoms. The highest BCUT2D eigenvalue weighted by atomic mass is 127. The van der Waals surface area contributed by atoms with Gasteiger partial charge >= 0.3 is 0 Å². The molecule has 0 saturated heterocycles. The number of ether oxygens (including phenoxy) is 1. The highest BCUT2D eigenvalue weighted by Gasteiger charge is 2.05. The Morgan fingerprint density at radius 2 is 1.92 bits per heavy atom. The topological polar surface area (TPSA) is 65.9 Å². The number of hydrogen-bond acceptors (Lipinski definition) is 3. The summed E-state index contributed by atoms with van der Waals surface area (Å²) in [6.45, 7) is 7.05. The Morgan fingerprint density at radius 1 is 1.17 bits per heavy atom. The number of unbranched alkanes of at least 4 members (excludes halogenated alkanes) is 2. The van der Waals surface area contributed by atoms with Gasteiger partial charge in [-0.3, -0.25) is 4.99 Å². The van der Waals surface area contributed by atoms with Crippen molar-refractivity contribution in [2.24, 2.45) is 4.99 Å². The molecule has 0 saturated carbocycles. The molecule has 0 aromatic heterocycles. The molecule has 1 atom stereocenters. The highest BCUT2D eigenvalue weighted by Crippen LogP contribution is 2.01. The van der Waals surface area contributed by atoms with Gasteiger partial charge in [0.15, 0.2) is 5.96 Å². The molecular formula is C18H32IN3O2. The van der Waals surface area contributed by atoms with Crippen LogP contribution in [0.25, 0.3) is 0 Å². The number of rotatable bonds is 11. The summed E-state index contributed by atoms with van der Waals surface area (Å²) in [7, 11) is 0. The van der Waals surface area contributed by atoms with E-state index >= 15 is 0 Å². The van der Waals surface area contributed by atoms with Crippen LogP contribution in [0.4, 0.5) is 0 Å². The van der Waals surface area contributed by atoms with Crippen molar-refractivity contribution >= 4 is 29.9 Å².